The topological polar surface area (TPSA) is 34.9 Å². The Morgan fingerprint density at radius 2 is 2.29 bits per heavy atom. The zero-order valence-corrected chi connectivity index (χ0v) is 10.8. The van der Waals surface area contributed by atoms with E-state index in [2.05, 4.69) is 20.9 Å². The molecule has 0 bridgehead atoms. The quantitative estimate of drug-likeness (QED) is 0.871. The van der Waals surface area contributed by atoms with E-state index < -0.39 is 18.5 Å². The van der Waals surface area contributed by atoms with E-state index in [1.807, 2.05) is 17.5 Å². The summed E-state index contributed by atoms with van der Waals surface area (Å²) >= 11 is 4.54. The van der Waals surface area contributed by atoms with E-state index in [1.165, 1.54) is 11.3 Å². The van der Waals surface area contributed by atoms with E-state index >= 15 is 0 Å². The standard InChI is InChI=1S/C10H7BrF2N2OS/c11-8-9(6-2-1-3-17-6)14-5-15(10(8)16)4-7(12)13/h1-3,5,7H,4H2. The molecule has 0 fully saturated rings. The second kappa shape index (κ2) is 5.05. The Kier molecular flexibility index (Phi) is 3.68. The summed E-state index contributed by atoms with van der Waals surface area (Å²) in [5, 5.41) is 1.86. The van der Waals surface area contributed by atoms with Crippen molar-refractivity contribution >= 4 is 27.3 Å². The molecule has 17 heavy (non-hydrogen) atoms. The second-order valence-corrected chi connectivity index (χ2v) is 4.97. The maximum absolute atomic E-state index is 12.2. The van der Waals surface area contributed by atoms with Crippen LogP contribution in [-0.2, 0) is 6.54 Å². The Labute approximate surface area is 108 Å². The predicted molar refractivity (Wildman–Crippen MR) is 65.5 cm³/mol. The van der Waals surface area contributed by atoms with Gasteiger partial charge in [0.25, 0.3) is 12.0 Å². The van der Waals surface area contributed by atoms with Gasteiger partial charge in [-0.05, 0) is 27.4 Å². The Morgan fingerprint density at radius 3 is 2.88 bits per heavy atom. The average molecular weight is 321 g/mol. The van der Waals surface area contributed by atoms with Crippen molar-refractivity contribution < 1.29 is 8.78 Å². The maximum Gasteiger partial charge on any atom is 0.268 e. The Hall–Kier alpha value is -1.08. The highest BCUT2D eigenvalue weighted by Crippen LogP contribution is 2.26. The van der Waals surface area contributed by atoms with Crippen molar-refractivity contribution in [3.05, 3.63) is 38.7 Å². The van der Waals surface area contributed by atoms with E-state index in [0.29, 0.717) is 5.69 Å². The van der Waals surface area contributed by atoms with Gasteiger partial charge in [-0.15, -0.1) is 11.3 Å². The minimum Gasteiger partial charge on any atom is -0.292 e. The highest BCUT2D eigenvalue weighted by molar-refractivity contribution is 9.10. The van der Waals surface area contributed by atoms with E-state index in [1.54, 1.807) is 0 Å². The van der Waals surface area contributed by atoms with E-state index in [-0.39, 0.29) is 4.47 Å². The molecule has 0 radical (unpaired) electrons. The van der Waals surface area contributed by atoms with Crippen LogP contribution in [0.2, 0.25) is 0 Å². The summed E-state index contributed by atoms with van der Waals surface area (Å²) in [5.74, 6) is 0. The molecule has 0 atom stereocenters. The molecule has 0 saturated carbocycles. The molecule has 2 heterocycles. The average Bonchev–Trinajstić information content (AvgIpc) is 2.78. The normalized spacial score (nSPS) is 11.1. The first-order chi connectivity index (χ1) is 8.09. The Bertz CT molecular complexity index is 568. The van der Waals surface area contributed by atoms with Gasteiger partial charge in [-0.3, -0.25) is 9.36 Å². The first kappa shape index (κ1) is 12.4. The lowest BCUT2D eigenvalue weighted by Gasteiger charge is -2.06. The molecular formula is C10H7BrF2N2OS. The summed E-state index contributed by atoms with van der Waals surface area (Å²) in [4.78, 5) is 16.6. The van der Waals surface area contributed by atoms with Crippen molar-refractivity contribution in [3.63, 3.8) is 0 Å². The third-order valence-corrected chi connectivity index (χ3v) is 3.66. The molecule has 0 unspecified atom stereocenters. The first-order valence-corrected chi connectivity index (χ1v) is 6.34. The molecule has 0 aliphatic heterocycles. The van der Waals surface area contributed by atoms with Crippen molar-refractivity contribution in [1.29, 1.82) is 0 Å². The zero-order chi connectivity index (χ0) is 12.4. The van der Waals surface area contributed by atoms with E-state index in [9.17, 15) is 13.6 Å². The molecule has 2 rings (SSSR count). The summed E-state index contributed by atoms with van der Waals surface area (Å²) in [6.45, 7) is -0.644. The molecule has 0 aliphatic carbocycles. The highest BCUT2D eigenvalue weighted by atomic mass is 79.9. The summed E-state index contributed by atoms with van der Waals surface area (Å²) in [6.07, 6.45) is -1.43. The third-order valence-electron chi connectivity index (χ3n) is 2.07. The van der Waals surface area contributed by atoms with Crippen LogP contribution in [0.1, 0.15) is 0 Å². The number of alkyl halides is 2. The summed E-state index contributed by atoms with van der Waals surface area (Å²) < 4.78 is 25.5. The van der Waals surface area contributed by atoms with E-state index in [0.717, 1.165) is 15.8 Å². The largest absolute Gasteiger partial charge is 0.292 e. The van der Waals surface area contributed by atoms with Crippen molar-refractivity contribution in [2.45, 2.75) is 13.0 Å². The van der Waals surface area contributed by atoms with Gasteiger partial charge in [0.05, 0.1) is 17.7 Å². The lowest BCUT2D eigenvalue weighted by molar-refractivity contribution is 0.124. The lowest BCUT2D eigenvalue weighted by Crippen LogP contribution is -2.24. The molecule has 7 heteroatoms. The summed E-state index contributed by atoms with van der Waals surface area (Å²) in [5.41, 5.74) is -0.0146. The SMILES string of the molecule is O=c1c(Br)c(-c2cccs2)ncn1CC(F)F. The van der Waals surface area contributed by atoms with Crippen LogP contribution in [0.3, 0.4) is 0 Å². The predicted octanol–water partition coefficient (Wildman–Crippen LogP) is 3.00. The molecule has 0 aromatic carbocycles. The van der Waals surface area contributed by atoms with Crippen LogP contribution in [0.15, 0.2) is 33.1 Å². The van der Waals surface area contributed by atoms with Gasteiger partial charge in [-0.2, -0.15) is 0 Å². The number of hydrogen-bond donors (Lipinski definition) is 0. The minimum atomic E-state index is -2.58. The number of rotatable bonds is 3. The number of thiophene rings is 1. The Morgan fingerprint density at radius 1 is 1.53 bits per heavy atom. The fourth-order valence-corrected chi connectivity index (χ4v) is 2.73. The van der Waals surface area contributed by atoms with Crippen molar-refractivity contribution in [2.75, 3.05) is 0 Å². The van der Waals surface area contributed by atoms with Gasteiger partial charge in [0.15, 0.2) is 0 Å². The number of halogens is 3. The van der Waals surface area contributed by atoms with Crippen LogP contribution in [-0.4, -0.2) is 16.0 Å². The summed E-state index contributed by atoms with van der Waals surface area (Å²) in [7, 11) is 0. The van der Waals surface area contributed by atoms with Crippen LogP contribution in [0, 0.1) is 0 Å². The van der Waals surface area contributed by atoms with Gasteiger partial charge in [-0.1, -0.05) is 6.07 Å². The fourth-order valence-electron chi connectivity index (χ4n) is 1.33. The Balaban J connectivity index is 2.47. The van der Waals surface area contributed by atoms with Gasteiger partial charge < -0.3 is 0 Å². The first-order valence-electron chi connectivity index (χ1n) is 4.66. The van der Waals surface area contributed by atoms with E-state index in [4.69, 9.17) is 0 Å². The summed E-state index contributed by atoms with van der Waals surface area (Å²) in [6, 6.07) is 3.65. The molecule has 90 valence electrons. The molecule has 2 aromatic rings. The zero-order valence-electron chi connectivity index (χ0n) is 8.44. The van der Waals surface area contributed by atoms with Crippen molar-refractivity contribution in [2.24, 2.45) is 0 Å². The lowest BCUT2D eigenvalue weighted by atomic mass is 10.3. The molecule has 0 amide bonds. The van der Waals surface area contributed by atoms with Crippen LogP contribution in [0.5, 0.6) is 0 Å². The monoisotopic (exact) mass is 320 g/mol. The molecule has 0 N–H and O–H groups in total. The number of hydrogen-bond acceptors (Lipinski definition) is 3. The molecule has 0 spiro atoms. The van der Waals surface area contributed by atoms with Crippen LogP contribution >= 0.6 is 27.3 Å². The fraction of sp³-hybridized carbons (Fsp3) is 0.200. The highest BCUT2D eigenvalue weighted by Gasteiger charge is 2.13. The van der Waals surface area contributed by atoms with Crippen LogP contribution in [0.4, 0.5) is 8.78 Å². The molecule has 3 nitrogen and oxygen atoms in total. The molecule has 0 aliphatic rings. The second-order valence-electron chi connectivity index (χ2n) is 3.23. The minimum absolute atomic E-state index is 0.211. The molecule has 0 saturated heterocycles. The van der Waals surface area contributed by atoms with Gasteiger partial charge in [0.2, 0.25) is 0 Å². The van der Waals surface area contributed by atoms with Gasteiger partial charge in [0, 0.05) is 0 Å². The molecular weight excluding hydrogens is 314 g/mol. The van der Waals surface area contributed by atoms with Gasteiger partial charge in [0.1, 0.15) is 10.2 Å². The van der Waals surface area contributed by atoms with Gasteiger partial charge in [-0.25, -0.2) is 13.8 Å². The van der Waals surface area contributed by atoms with Gasteiger partial charge >= 0.3 is 0 Å². The van der Waals surface area contributed by atoms with Crippen molar-refractivity contribution in [1.82, 2.24) is 9.55 Å². The number of nitrogens with zero attached hydrogens (tertiary/aromatic N) is 2. The maximum atomic E-state index is 12.2. The number of aromatic nitrogens is 2. The third kappa shape index (κ3) is 2.61. The smallest absolute Gasteiger partial charge is 0.268 e. The van der Waals surface area contributed by atoms with Crippen LogP contribution in [0.25, 0.3) is 10.6 Å². The van der Waals surface area contributed by atoms with Crippen LogP contribution < -0.4 is 5.56 Å². The van der Waals surface area contributed by atoms with Crippen molar-refractivity contribution in [3.8, 4) is 10.6 Å². The molecule has 2 aromatic heterocycles.